The third-order valence-electron chi connectivity index (χ3n) is 20.6. The number of amides is 11. The summed E-state index contributed by atoms with van der Waals surface area (Å²) in [6, 6.07) is -3.98. The monoisotopic (exact) mass is 1810 g/mol. The maximum Gasteiger partial charge on any atom is 0.469 e. The zero-order chi connectivity index (χ0) is 91.4. The first-order valence-electron chi connectivity index (χ1n) is 43.1. The molecule has 0 aromatic rings. The van der Waals surface area contributed by atoms with Gasteiger partial charge in [-0.05, 0) is 77.0 Å². The summed E-state index contributed by atoms with van der Waals surface area (Å²) in [5, 5.41) is 128. The minimum Gasteiger partial charge on any atom is -0.394 e. The molecule has 46 heteroatoms. The van der Waals surface area contributed by atoms with Crippen molar-refractivity contribution in [2.75, 3.05) is 132 Å². The van der Waals surface area contributed by atoms with E-state index in [1.54, 1.807) is 0 Å². The van der Waals surface area contributed by atoms with E-state index in [9.17, 15) is 108 Å². The number of unbranched alkanes of at least 4 members (excludes halogenated alkanes) is 10. The lowest BCUT2D eigenvalue weighted by molar-refractivity contribution is -0.270. The molecule has 0 aromatic heterocycles. The number of likely N-dealkylation sites (tertiary alicyclic amines) is 1. The lowest BCUT2D eigenvalue weighted by Gasteiger charge is -2.42. The minimum atomic E-state index is -4.77. The van der Waals surface area contributed by atoms with Crippen LogP contribution in [0, 0.1) is 0 Å². The van der Waals surface area contributed by atoms with Gasteiger partial charge in [-0.15, -0.1) is 0 Å². The summed E-state index contributed by atoms with van der Waals surface area (Å²) in [4.78, 5) is 159. The highest BCUT2D eigenvalue weighted by molar-refractivity contribution is 7.46. The molecule has 4 aliphatic heterocycles. The Morgan fingerprint density at radius 1 is 0.379 bits per heavy atom. The molecule has 0 spiro atoms. The van der Waals surface area contributed by atoms with E-state index in [1.807, 2.05) is 0 Å². The molecule has 4 fully saturated rings. The Kier molecular flexibility index (Phi) is 54.8. The molecule has 4 aliphatic rings. The molecular weight excluding hydrogens is 1670 g/mol. The van der Waals surface area contributed by atoms with Crippen molar-refractivity contribution in [1.29, 1.82) is 0 Å². The Morgan fingerprint density at radius 2 is 0.669 bits per heavy atom. The molecule has 4 rings (SSSR count). The molecule has 15 unspecified atom stereocenters. The standard InChI is InChI=1S/C78H140N11O34P/c1-50(93)85-66-72(108)69(105)55(43-90)121-75(66)117-35-15-12-21-58(97)79-29-18-32-82-61(100)26-38-114-47-78(88-64(103)24-10-8-6-4-5-7-9-11-25-65(104)89-42-54(96)41-53(89)46-120-124(111,112)113,48-115-39-27-62(101)83-33-19-30-80-59(98)22-13-16-36-118-76-67(86-51(2)94)73(109)70(106)56(44-91)122-76)49-116-40-28-63(102)84-34-20-31-81-60(99)23-14-17-37-119-77-68(87-52(3)95)74(110)71(107)57(45-92)123-77/h53-57,66-77,90-92,96,105-110H,4-49H2,1-3H3,(H,79,97)(H,80,98)(H,81,99)(H,82,100)(H,83,101)(H,84,102)(H,85,93)(H,86,94)(H,87,95)(H,88,103)(H2,111,112,113)/t53-,54+,55?,56?,57?,66?,67?,68?,69?,70?,71?,72?,73?,74?,75?,76?,77?,78?/m0/s1. The number of carbonyl (C=O) groups is 11. The van der Waals surface area contributed by atoms with Crippen LogP contribution in [0.25, 0.3) is 0 Å². The number of rotatable bonds is 66. The lowest BCUT2D eigenvalue weighted by Crippen LogP contribution is -2.64. The molecule has 11 amide bonds. The highest BCUT2D eigenvalue weighted by Gasteiger charge is 2.48. The predicted molar refractivity (Wildman–Crippen MR) is 435 cm³/mol. The number of aliphatic hydroxyl groups excluding tert-OH is 10. The van der Waals surface area contributed by atoms with Crippen LogP contribution in [0.1, 0.15) is 188 Å². The third kappa shape index (κ3) is 45.0. The molecule has 0 radical (unpaired) electrons. The molecule has 22 N–H and O–H groups in total. The van der Waals surface area contributed by atoms with E-state index < -0.39 is 185 Å². The predicted octanol–water partition coefficient (Wildman–Crippen LogP) is -5.71. The molecule has 0 bridgehead atoms. The van der Waals surface area contributed by atoms with Gasteiger partial charge in [0.05, 0.1) is 78.2 Å². The molecule has 716 valence electrons. The van der Waals surface area contributed by atoms with E-state index in [-0.39, 0.29) is 187 Å². The maximum atomic E-state index is 14.1. The number of aliphatic hydroxyl groups is 10. The van der Waals surface area contributed by atoms with Gasteiger partial charge in [0, 0.05) is 138 Å². The zero-order valence-electron chi connectivity index (χ0n) is 71.6. The maximum absolute atomic E-state index is 14.1. The minimum absolute atomic E-state index is 0.0463. The van der Waals surface area contributed by atoms with Crippen LogP contribution in [-0.4, -0.2) is 372 Å². The van der Waals surface area contributed by atoms with Gasteiger partial charge < -0.3 is 162 Å². The molecule has 0 aliphatic carbocycles. The van der Waals surface area contributed by atoms with Gasteiger partial charge in [-0.3, -0.25) is 57.3 Å². The van der Waals surface area contributed by atoms with Crippen LogP contribution < -0.4 is 53.2 Å². The number of nitrogens with one attached hydrogen (secondary N) is 10. The van der Waals surface area contributed by atoms with Crippen molar-refractivity contribution >= 4 is 72.8 Å². The average molecular weight is 1810 g/mol. The topological polar surface area (TPSA) is 663 Å². The quantitative estimate of drug-likeness (QED) is 0.0199. The molecule has 0 saturated carbocycles. The van der Waals surface area contributed by atoms with E-state index in [1.165, 1.54) is 25.7 Å². The van der Waals surface area contributed by atoms with Gasteiger partial charge in [0.2, 0.25) is 65.0 Å². The number of hydrogen-bond donors (Lipinski definition) is 22. The van der Waals surface area contributed by atoms with Crippen molar-refractivity contribution in [3.8, 4) is 0 Å². The summed E-state index contributed by atoms with van der Waals surface area (Å²) < 4.78 is 68.0. The van der Waals surface area contributed by atoms with Crippen LogP contribution in [-0.2, 0) is 104 Å². The summed E-state index contributed by atoms with van der Waals surface area (Å²) in [6.07, 6.45) is -7.16. The first kappa shape index (κ1) is 110. The number of phosphoric ester groups is 1. The second-order valence-electron chi connectivity index (χ2n) is 31.4. The molecule has 17 atom stereocenters. The molecular formula is C78H140N11O34P. The van der Waals surface area contributed by atoms with E-state index in [4.69, 9.17) is 52.4 Å². The van der Waals surface area contributed by atoms with Gasteiger partial charge in [-0.1, -0.05) is 38.5 Å². The van der Waals surface area contributed by atoms with Gasteiger partial charge >= 0.3 is 7.82 Å². The van der Waals surface area contributed by atoms with Crippen molar-refractivity contribution < 1.29 is 165 Å². The largest absolute Gasteiger partial charge is 0.469 e. The van der Waals surface area contributed by atoms with Crippen LogP contribution in [0.5, 0.6) is 0 Å². The summed E-state index contributed by atoms with van der Waals surface area (Å²) in [7, 11) is -4.77. The molecule has 0 aromatic carbocycles. The summed E-state index contributed by atoms with van der Waals surface area (Å²) in [5.41, 5.74) is -1.47. The molecule has 4 saturated heterocycles. The van der Waals surface area contributed by atoms with Crippen molar-refractivity contribution in [1.82, 2.24) is 58.1 Å². The Labute approximate surface area is 722 Å². The van der Waals surface area contributed by atoms with Gasteiger partial charge in [-0.2, -0.15) is 0 Å². The second kappa shape index (κ2) is 61.9. The van der Waals surface area contributed by atoms with Crippen LogP contribution >= 0.6 is 7.82 Å². The van der Waals surface area contributed by atoms with Crippen LogP contribution in [0.15, 0.2) is 0 Å². The summed E-state index contributed by atoms with van der Waals surface area (Å²) in [6.45, 7) is 1.60. The third-order valence-corrected chi connectivity index (χ3v) is 21.1. The fraction of sp³-hybridized carbons (Fsp3) is 0.859. The number of hydrogen-bond acceptors (Lipinski definition) is 32. The van der Waals surface area contributed by atoms with Crippen LogP contribution in [0.4, 0.5) is 0 Å². The number of carbonyl (C=O) groups excluding carboxylic acids is 11. The zero-order valence-corrected chi connectivity index (χ0v) is 72.5. The van der Waals surface area contributed by atoms with E-state index >= 15 is 0 Å². The Morgan fingerprint density at radius 3 is 0.976 bits per heavy atom. The van der Waals surface area contributed by atoms with Gasteiger partial charge in [0.1, 0.15) is 78.6 Å². The molecule has 45 nitrogen and oxygen atoms in total. The van der Waals surface area contributed by atoms with Crippen molar-refractivity contribution in [2.45, 2.75) is 297 Å². The summed E-state index contributed by atoms with van der Waals surface area (Å²) >= 11 is 0. The second-order valence-corrected chi connectivity index (χ2v) is 32.6. The van der Waals surface area contributed by atoms with E-state index in [2.05, 4.69) is 57.7 Å². The van der Waals surface area contributed by atoms with Gasteiger partial charge in [0.15, 0.2) is 18.9 Å². The SMILES string of the molecule is CC(=O)NC1C(OCCCCC(=O)NCCCNC(=O)CCOCC(COCCC(=O)NCCCNC(=O)CCCCOC2OC(CO)C(O)C(O)C2NC(C)=O)(COCCC(=O)NCCCNC(=O)CCCCOC2OC(CO)C(O)C(O)C2NC(C)=O)NC(=O)CCCCCCCCCCC(=O)N2C[C@H](O)C[C@H]2COP(=O)(O)O)OC(CO)C(O)C1O. The summed E-state index contributed by atoms with van der Waals surface area (Å²) in [5.74, 6) is -4.15. The van der Waals surface area contributed by atoms with Gasteiger partial charge in [-0.25, -0.2) is 4.57 Å². The van der Waals surface area contributed by atoms with Crippen molar-refractivity contribution in [2.24, 2.45) is 0 Å². The van der Waals surface area contributed by atoms with E-state index in [0.717, 1.165) is 32.1 Å². The first-order chi connectivity index (χ1) is 59.2. The highest BCUT2D eigenvalue weighted by atomic mass is 31.2. The average Bonchev–Trinajstić information content (AvgIpc) is 1.01. The Bertz CT molecular complexity index is 2950. The molecule has 124 heavy (non-hydrogen) atoms. The number of β-amino-alcohol motifs (C(OH)–C–C–N with tert-alkyl or cyclic N) is 1. The normalized spacial score (nSPS) is 25.0. The fourth-order valence-electron chi connectivity index (χ4n) is 14.0. The van der Waals surface area contributed by atoms with Crippen molar-refractivity contribution in [3.63, 3.8) is 0 Å². The Balaban J connectivity index is 1.31. The van der Waals surface area contributed by atoms with Crippen LogP contribution in [0.2, 0.25) is 0 Å². The lowest BCUT2D eigenvalue weighted by atomic mass is 9.97. The number of ether oxygens (including phenoxy) is 9. The van der Waals surface area contributed by atoms with E-state index in [0.29, 0.717) is 77.0 Å². The number of nitrogens with zero attached hydrogens (tertiary/aromatic N) is 1. The van der Waals surface area contributed by atoms with Gasteiger partial charge in [0.25, 0.3) is 0 Å². The Hall–Kier alpha value is -6.48. The fourth-order valence-corrected chi connectivity index (χ4v) is 14.3. The highest BCUT2D eigenvalue weighted by Crippen LogP contribution is 2.37. The van der Waals surface area contributed by atoms with Crippen LogP contribution in [0.3, 0.4) is 0 Å². The smallest absolute Gasteiger partial charge is 0.394 e. The van der Waals surface area contributed by atoms with Crippen molar-refractivity contribution in [3.05, 3.63) is 0 Å². The number of phosphoric acid groups is 1. The molecule has 4 heterocycles. The first-order valence-corrected chi connectivity index (χ1v) is 44.6.